The lowest BCUT2D eigenvalue weighted by Crippen LogP contribution is -2.82. The van der Waals surface area contributed by atoms with Crippen LogP contribution < -0.4 is 0 Å². The number of hydrogen-bond acceptors (Lipinski definition) is 16. The Morgan fingerprint density at radius 2 is 1.15 bits per heavy atom. The maximum Gasteiger partial charge on any atom is 0.306 e. The summed E-state index contributed by atoms with van der Waals surface area (Å²) in [5.41, 5.74) is -7.05. The van der Waals surface area contributed by atoms with Gasteiger partial charge >= 0.3 is 5.97 Å². The summed E-state index contributed by atoms with van der Waals surface area (Å²) in [6.45, 7) is 6.40. The van der Waals surface area contributed by atoms with Crippen molar-refractivity contribution in [3.05, 3.63) is 0 Å². The Balaban J connectivity index is 4.05. The lowest BCUT2D eigenvalue weighted by molar-refractivity contribution is -0.378. The van der Waals surface area contributed by atoms with Gasteiger partial charge in [0.2, 0.25) is 11.9 Å². The van der Waals surface area contributed by atoms with Crippen LogP contribution in [0.4, 0.5) is 0 Å². The molecule has 16 nitrogen and oxygen atoms in total. The monoisotopic (exact) mass is 781 g/mol. The maximum atomic E-state index is 14.4. The van der Waals surface area contributed by atoms with Crippen molar-refractivity contribution in [3.63, 3.8) is 0 Å². The van der Waals surface area contributed by atoms with Crippen molar-refractivity contribution in [1.29, 1.82) is 0 Å². The molecule has 0 bridgehead atoms. The van der Waals surface area contributed by atoms with E-state index in [0.29, 0.717) is 51.4 Å². The van der Waals surface area contributed by atoms with Crippen LogP contribution in [0.5, 0.6) is 0 Å². The van der Waals surface area contributed by atoms with Crippen LogP contribution in [0.2, 0.25) is 0 Å². The first-order chi connectivity index (χ1) is 25.9. The highest BCUT2D eigenvalue weighted by atomic mass is 16.8. The van der Waals surface area contributed by atoms with E-state index in [4.69, 9.17) is 15.6 Å². The summed E-state index contributed by atoms with van der Waals surface area (Å²) in [6.07, 6.45) is -18.3. The number of carbonyl (C=O) groups is 4. The number of esters is 1. The molecule has 54 heavy (non-hydrogen) atoms. The second kappa shape index (κ2) is 25.3. The van der Waals surface area contributed by atoms with Crippen molar-refractivity contribution in [3.8, 4) is 0 Å². The second-order valence-electron chi connectivity index (χ2n) is 14.2. The van der Waals surface area contributed by atoms with Gasteiger partial charge in [0.1, 0.15) is 36.6 Å². The third-order valence-corrected chi connectivity index (χ3v) is 9.90. The van der Waals surface area contributed by atoms with Gasteiger partial charge in [-0.3, -0.25) is 19.2 Å². The maximum absolute atomic E-state index is 14.4. The third-order valence-electron chi connectivity index (χ3n) is 9.90. The minimum Gasteiger partial charge on any atom is -0.453 e. The number of aliphatic hydroxyl groups is 9. The molecule has 12 atom stereocenters. The summed E-state index contributed by atoms with van der Waals surface area (Å²) in [5, 5.41) is 98.0. The van der Waals surface area contributed by atoms with Gasteiger partial charge in [-0.25, -0.2) is 0 Å². The number of Topliss-reactive ketones (excluding diaryl/α,β-unsaturated/α-hetero) is 3. The molecule has 0 spiro atoms. The summed E-state index contributed by atoms with van der Waals surface area (Å²) in [6, 6.07) is 0. The molecule has 0 saturated carbocycles. The fourth-order valence-electron chi connectivity index (χ4n) is 6.44. The van der Waals surface area contributed by atoms with Crippen LogP contribution in [0.15, 0.2) is 0 Å². The van der Waals surface area contributed by atoms with Gasteiger partial charge in [-0.15, -0.1) is 0 Å². The van der Waals surface area contributed by atoms with Crippen LogP contribution in [0.3, 0.4) is 0 Å². The first-order valence-electron chi connectivity index (χ1n) is 20.2. The molecule has 0 aromatic carbocycles. The first-order valence-corrected chi connectivity index (χ1v) is 19.6. The summed E-state index contributed by atoms with van der Waals surface area (Å²) in [4.78, 5) is 55.5. The number of carbonyl (C=O) groups excluding carboxylic acids is 4. The molecule has 1 rings (SSSR count). The van der Waals surface area contributed by atoms with Gasteiger partial charge in [0.25, 0.3) is 0 Å². The minimum absolute atomic E-state index is 0.0345. The summed E-state index contributed by atoms with van der Waals surface area (Å²) in [5.74, 6) is -4.83. The Morgan fingerprint density at radius 1 is 0.667 bits per heavy atom. The van der Waals surface area contributed by atoms with E-state index < -0.39 is 116 Å². The van der Waals surface area contributed by atoms with E-state index in [1.807, 2.05) is 27.7 Å². The lowest BCUT2D eigenvalue weighted by atomic mass is 9.64. The largest absolute Gasteiger partial charge is 0.453 e. The number of ketones is 3. The van der Waals surface area contributed by atoms with Crippen molar-refractivity contribution >= 4 is 23.3 Å². The Kier molecular flexibility index (Phi) is 22.6. The Morgan fingerprint density at radius 3 is 1.67 bits per heavy atom. The second-order valence-corrected chi connectivity index (χ2v) is 14.2. The van der Waals surface area contributed by atoms with Crippen LogP contribution in [0.1, 0.15) is 145 Å². The van der Waals surface area contributed by atoms with Crippen LogP contribution in [0, 0.1) is 0 Å². The normalized spacial score (nSPS) is 27.2. The highest BCUT2D eigenvalue weighted by molar-refractivity contribution is 6.01. The molecule has 316 valence electrons. The average Bonchev–Trinajstić information content (AvgIpc) is 3.17. The standard InChI is InChI=1S/C38H68O16/c1-5-9-13-14-18-22-28(44)52-34-36(54-35(49)32(48)31(47)29(45)25(41)23-39)53-33(30(46)24(40)19-15-10-6-2)37(50,26(42)20-16-11-7-3)38(34,51)27(43)21-17-12-8-4/h25,29-36,39,41,45-51H,5-23H2,1-4H3/t25-,29+,30?,31+,32-,33-,34-,35?,36?,37-,38-/m1/s1/i22D/t22?,25-,29+,30?,31+,32-,33-,34-,35?,36?,37-,38-. The molecule has 16 heteroatoms. The zero-order valence-corrected chi connectivity index (χ0v) is 32.4. The third kappa shape index (κ3) is 13.3. The first kappa shape index (κ1) is 48.2. The predicted molar refractivity (Wildman–Crippen MR) is 193 cm³/mol. The van der Waals surface area contributed by atoms with E-state index in [2.05, 4.69) is 0 Å². The minimum atomic E-state index is -3.56. The molecule has 1 aliphatic heterocycles. The molecule has 9 N–H and O–H groups in total. The zero-order chi connectivity index (χ0) is 41.9. The molecule has 1 fully saturated rings. The van der Waals surface area contributed by atoms with Gasteiger partial charge in [-0.05, 0) is 25.7 Å². The Hall–Kier alpha value is -1.96. The molecule has 1 heterocycles. The van der Waals surface area contributed by atoms with Gasteiger partial charge in [0.15, 0.2) is 35.3 Å². The van der Waals surface area contributed by atoms with Crippen molar-refractivity contribution in [1.82, 2.24) is 0 Å². The fraction of sp³-hybridized carbons (Fsp3) is 0.895. The highest BCUT2D eigenvalue weighted by Gasteiger charge is 2.74. The summed E-state index contributed by atoms with van der Waals surface area (Å²) < 4.78 is 25.2. The number of aliphatic hydroxyl groups excluding tert-OH is 7. The molecule has 0 aliphatic carbocycles. The molecule has 0 amide bonds. The van der Waals surface area contributed by atoms with Gasteiger partial charge in [-0.2, -0.15) is 0 Å². The van der Waals surface area contributed by atoms with E-state index in [0.717, 1.165) is 12.8 Å². The van der Waals surface area contributed by atoms with Crippen molar-refractivity contribution < 1.29 is 80.7 Å². The molecular weight excluding hydrogens is 712 g/mol. The highest BCUT2D eigenvalue weighted by Crippen LogP contribution is 2.45. The SMILES string of the molecule is [2H]C(CCCCCC)C(=O)O[C@@H]1C(OC(O)[C@H](O)[C@@H](O)[C@@H](O)[C@H](O)CO)O[C@H](C(O)C(=O)CCCCC)[C@](O)(C(=O)CCCCC)[C@@]1(O)C(=O)CCCCC. The van der Waals surface area contributed by atoms with Crippen LogP contribution in [0.25, 0.3) is 0 Å². The number of hydrogen-bond donors (Lipinski definition) is 9. The summed E-state index contributed by atoms with van der Waals surface area (Å²) >= 11 is 0. The number of ether oxygens (including phenoxy) is 3. The van der Waals surface area contributed by atoms with Crippen molar-refractivity contribution in [2.75, 3.05) is 6.61 Å². The van der Waals surface area contributed by atoms with Gasteiger partial charge < -0.3 is 60.2 Å². The van der Waals surface area contributed by atoms with Gasteiger partial charge in [0, 0.05) is 27.0 Å². The Labute approximate surface area is 320 Å². The van der Waals surface area contributed by atoms with Crippen LogP contribution in [-0.2, 0) is 33.4 Å². The molecular formula is C38H68O16. The topological polar surface area (TPSA) is 278 Å². The fourth-order valence-corrected chi connectivity index (χ4v) is 6.44. The smallest absolute Gasteiger partial charge is 0.306 e. The average molecular weight is 782 g/mol. The molecule has 1 aliphatic rings. The lowest BCUT2D eigenvalue weighted by Gasteiger charge is -2.55. The van der Waals surface area contributed by atoms with E-state index >= 15 is 0 Å². The molecule has 0 aromatic rings. The quantitative estimate of drug-likeness (QED) is 0.0280. The van der Waals surface area contributed by atoms with E-state index in [-0.39, 0.29) is 32.1 Å². The van der Waals surface area contributed by atoms with E-state index in [1.54, 1.807) is 0 Å². The van der Waals surface area contributed by atoms with Crippen molar-refractivity contribution in [2.24, 2.45) is 0 Å². The van der Waals surface area contributed by atoms with E-state index in [1.165, 1.54) is 0 Å². The van der Waals surface area contributed by atoms with Gasteiger partial charge in [0.05, 0.1) is 6.61 Å². The van der Waals surface area contributed by atoms with Gasteiger partial charge in [-0.1, -0.05) is 91.9 Å². The molecule has 1 saturated heterocycles. The summed E-state index contributed by atoms with van der Waals surface area (Å²) in [7, 11) is 0. The van der Waals surface area contributed by atoms with Crippen LogP contribution >= 0.6 is 0 Å². The number of unbranched alkanes of at least 4 members (excludes halogenated alkanes) is 9. The zero-order valence-electron chi connectivity index (χ0n) is 33.4. The van der Waals surface area contributed by atoms with E-state index in [9.17, 15) is 65.1 Å². The van der Waals surface area contributed by atoms with Crippen molar-refractivity contribution in [2.45, 2.75) is 210 Å². The molecule has 4 unspecified atom stereocenters. The number of rotatable bonds is 30. The molecule has 0 radical (unpaired) electrons. The molecule has 0 aromatic heterocycles. The van der Waals surface area contributed by atoms with Crippen LogP contribution in [-0.4, -0.2) is 142 Å². The Bertz CT molecular complexity index is 1160. The predicted octanol–water partition coefficient (Wildman–Crippen LogP) is 1.03.